The Morgan fingerprint density at radius 2 is 1.95 bits per heavy atom. The van der Waals surface area contributed by atoms with Gasteiger partial charge in [0, 0.05) is 24.0 Å². The van der Waals surface area contributed by atoms with Crippen molar-refractivity contribution in [2.24, 2.45) is 11.7 Å². The molecule has 1 aromatic carbocycles. The lowest BCUT2D eigenvalue weighted by Crippen LogP contribution is -2.38. The third kappa shape index (κ3) is 4.14. The van der Waals surface area contributed by atoms with Crippen LogP contribution in [0.1, 0.15) is 13.8 Å². The van der Waals surface area contributed by atoms with Crippen LogP contribution in [0.25, 0.3) is 0 Å². The molecule has 0 aromatic heterocycles. The molecule has 0 saturated carbocycles. The minimum atomic E-state index is -3.54. The Bertz CT molecular complexity index is 543. The highest BCUT2D eigenvalue weighted by Crippen LogP contribution is 2.19. The van der Waals surface area contributed by atoms with Gasteiger partial charge in [-0.3, -0.25) is 0 Å². The number of halogens is 1. The van der Waals surface area contributed by atoms with Crippen molar-refractivity contribution in [2.75, 3.05) is 13.1 Å². The smallest absolute Gasteiger partial charge is 0.243 e. The number of rotatable bonds is 6. The summed E-state index contributed by atoms with van der Waals surface area (Å²) in [7, 11) is -3.54. The summed E-state index contributed by atoms with van der Waals surface area (Å²) in [5, 5.41) is 0.499. The van der Waals surface area contributed by atoms with Crippen LogP contribution < -0.4 is 5.73 Å². The van der Waals surface area contributed by atoms with Crippen LogP contribution in [0.15, 0.2) is 29.2 Å². The second-order valence-electron chi connectivity index (χ2n) is 4.21. The molecule has 0 amide bonds. The average Bonchev–Trinajstić information content (AvgIpc) is 2.35. The molecule has 0 fully saturated rings. The lowest BCUT2D eigenvalue weighted by molar-refractivity contribution is 0.405. The Hall–Kier alpha value is -0.690. The summed E-state index contributed by atoms with van der Waals surface area (Å²) in [5.41, 5.74) is 5.53. The fourth-order valence-corrected chi connectivity index (χ4v) is 3.29. The number of nitrogens with zero attached hydrogens (tertiary/aromatic N) is 1. The molecular weight excluding hydrogens is 304 g/mol. The van der Waals surface area contributed by atoms with E-state index in [2.05, 4.69) is 0 Å². The molecule has 1 unspecified atom stereocenters. The lowest BCUT2D eigenvalue weighted by Gasteiger charge is -2.23. The van der Waals surface area contributed by atoms with E-state index in [4.69, 9.17) is 29.6 Å². The zero-order valence-electron chi connectivity index (χ0n) is 10.8. The van der Waals surface area contributed by atoms with Crippen molar-refractivity contribution in [2.45, 2.75) is 18.7 Å². The van der Waals surface area contributed by atoms with E-state index in [1.165, 1.54) is 16.4 Å². The Balaban J connectivity index is 3.02. The minimum absolute atomic E-state index is 0.169. The Morgan fingerprint density at radius 3 is 2.37 bits per heavy atom. The minimum Gasteiger partial charge on any atom is -0.393 e. The van der Waals surface area contributed by atoms with Gasteiger partial charge in [-0.25, -0.2) is 8.42 Å². The van der Waals surface area contributed by atoms with Crippen molar-refractivity contribution in [3.8, 4) is 0 Å². The van der Waals surface area contributed by atoms with Gasteiger partial charge in [0.2, 0.25) is 10.0 Å². The van der Waals surface area contributed by atoms with Gasteiger partial charge in [0.05, 0.1) is 9.88 Å². The SMILES string of the molecule is CCN(CC(C)C(N)=S)S(=O)(=O)c1ccc(Cl)cc1. The maximum absolute atomic E-state index is 12.4. The Kier molecular flexibility index (Phi) is 5.73. The highest BCUT2D eigenvalue weighted by Gasteiger charge is 2.25. The largest absolute Gasteiger partial charge is 0.393 e. The van der Waals surface area contributed by atoms with Crippen LogP contribution in [0, 0.1) is 5.92 Å². The summed E-state index contributed by atoms with van der Waals surface area (Å²) in [5.74, 6) is -0.169. The summed E-state index contributed by atoms with van der Waals surface area (Å²) < 4.78 is 26.2. The van der Waals surface area contributed by atoms with Gasteiger partial charge in [-0.1, -0.05) is 37.7 Å². The first-order valence-corrected chi connectivity index (χ1v) is 8.06. The highest BCUT2D eigenvalue weighted by molar-refractivity contribution is 7.89. The molecule has 0 saturated heterocycles. The predicted octanol–water partition coefficient (Wildman–Crippen LogP) is 2.27. The van der Waals surface area contributed by atoms with E-state index in [0.717, 1.165) is 0 Å². The standard InChI is InChI=1S/C12H17ClN2O2S2/c1-3-15(8-9(2)12(14)18)19(16,17)11-6-4-10(13)5-7-11/h4-7,9H,3,8H2,1-2H3,(H2,14,18). The number of benzene rings is 1. The maximum atomic E-state index is 12.4. The zero-order chi connectivity index (χ0) is 14.6. The van der Waals surface area contributed by atoms with Crippen molar-refractivity contribution in [1.29, 1.82) is 0 Å². The van der Waals surface area contributed by atoms with Crippen LogP contribution in [0.3, 0.4) is 0 Å². The molecule has 0 aliphatic carbocycles. The van der Waals surface area contributed by atoms with Gasteiger partial charge in [0.1, 0.15) is 0 Å². The first-order valence-electron chi connectivity index (χ1n) is 5.84. The molecular formula is C12H17ClN2O2S2. The molecule has 0 radical (unpaired) electrons. The number of hydrogen-bond donors (Lipinski definition) is 1. The van der Waals surface area contributed by atoms with Gasteiger partial charge in [0.15, 0.2) is 0 Å². The van der Waals surface area contributed by atoms with Crippen molar-refractivity contribution >= 4 is 38.8 Å². The van der Waals surface area contributed by atoms with Crippen molar-refractivity contribution < 1.29 is 8.42 Å². The Labute approximate surface area is 124 Å². The van der Waals surface area contributed by atoms with Gasteiger partial charge in [-0.15, -0.1) is 0 Å². The number of hydrogen-bond acceptors (Lipinski definition) is 3. The topological polar surface area (TPSA) is 63.4 Å². The summed E-state index contributed by atoms with van der Waals surface area (Å²) in [6, 6.07) is 6.09. The summed E-state index contributed by atoms with van der Waals surface area (Å²) in [4.78, 5) is 0.527. The number of sulfonamides is 1. The van der Waals surface area contributed by atoms with E-state index < -0.39 is 10.0 Å². The van der Waals surface area contributed by atoms with Gasteiger partial charge >= 0.3 is 0 Å². The first-order chi connectivity index (χ1) is 8.78. The fraction of sp³-hybridized carbons (Fsp3) is 0.417. The fourth-order valence-electron chi connectivity index (χ4n) is 1.55. The third-order valence-electron chi connectivity index (χ3n) is 2.77. The molecule has 1 aromatic rings. The molecule has 19 heavy (non-hydrogen) atoms. The van der Waals surface area contributed by atoms with Crippen molar-refractivity contribution in [3.63, 3.8) is 0 Å². The van der Waals surface area contributed by atoms with E-state index in [1.807, 2.05) is 6.92 Å². The van der Waals surface area contributed by atoms with E-state index in [1.54, 1.807) is 19.1 Å². The summed E-state index contributed by atoms with van der Waals surface area (Å²) >= 11 is 10.6. The van der Waals surface area contributed by atoms with E-state index >= 15 is 0 Å². The lowest BCUT2D eigenvalue weighted by atomic mass is 10.2. The molecule has 0 heterocycles. The van der Waals surface area contributed by atoms with Crippen molar-refractivity contribution in [1.82, 2.24) is 4.31 Å². The van der Waals surface area contributed by atoms with Crippen LogP contribution in [0.2, 0.25) is 5.02 Å². The molecule has 106 valence electrons. The normalized spacial score (nSPS) is 13.5. The summed E-state index contributed by atoms with van der Waals surface area (Å²) in [6.07, 6.45) is 0. The highest BCUT2D eigenvalue weighted by atomic mass is 35.5. The molecule has 0 aliphatic heterocycles. The maximum Gasteiger partial charge on any atom is 0.243 e. The quantitative estimate of drug-likeness (QED) is 0.817. The molecule has 1 atom stereocenters. The van der Waals surface area contributed by atoms with Crippen LogP contribution in [0.4, 0.5) is 0 Å². The molecule has 1 rings (SSSR count). The monoisotopic (exact) mass is 320 g/mol. The van der Waals surface area contributed by atoms with Crippen LogP contribution in [-0.4, -0.2) is 30.8 Å². The van der Waals surface area contributed by atoms with Crippen LogP contribution >= 0.6 is 23.8 Å². The van der Waals surface area contributed by atoms with Gasteiger partial charge in [-0.05, 0) is 24.3 Å². The second-order valence-corrected chi connectivity index (χ2v) is 7.06. The van der Waals surface area contributed by atoms with Gasteiger partial charge in [0.25, 0.3) is 0 Å². The van der Waals surface area contributed by atoms with E-state index in [-0.39, 0.29) is 17.4 Å². The first kappa shape index (κ1) is 16.4. The van der Waals surface area contributed by atoms with E-state index in [9.17, 15) is 8.42 Å². The predicted molar refractivity (Wildman–Crippen MR) is 81.8 cm³/mol. The molecule has 4 nitrogen and oxygen atoms in total. The summed E-state index contributed by atoms with van der Waals surface area (Å²) in [6.45, 7) is 4.22. The van der Waals surface area contributed by atoms with Crippen LogP contribution in [-0.2, 0) is 10.0 Å². The third-order valence-corrected chi connectivity index (χ3v) is 5.38. The van der Waals surface area contributed by atoms with Crippen LogP contribution in [0.5, 0.6) is 0 Å². The average molecular weight is 321 g/mol. The molecule has 7 heteroatoms. The van der Waals surface area contributed by atoms with E-state index in [0.29, 0.717) is 16.6 Å². The molecule has 0 spiro atoms. The number of nitrogens with two attached hydrogens (primary N) is 1. The number of thiocarbonyl (C=S) groups is 1. The Morgan fingerprint density at radius 1 is 1.42 bits per heavy atom. The zero-order valence-corrected chi connectivity index (χ0v) is 13.2. The molecule has 2 N–H and O–H groups in total. The van der Waals surface area contributed by atoms with Crippen molar-refractivity contribution in [3.05, 3.63) is 29.3 Å². The molecule has 0 aliphatic rings. The van der Waals surface area contributed by atoms with Gasteiger partial charge in [-0.2, -0.15) is 4.31 Å². The van der Waals surface area contributed by atoms with Gasteiger partial charge < -0.3 is 5.73 Å². The second kappa shape index (κ2) is 6.65. The molecule has 0 bridgehead atoms.